The van der Waals surface area contributed by atoms with E-state index in [-0.39, 0.29) is 18.4 Å². The van der Waals surface area contributed by atoms with Gasteiger partial charge in [0.25, 0.3) is 0 Å². The monoisotopic (exact) mass is 444 g/mol. The summed E-state index contributed by atoms with van der Waals surface area (Å²) in [6.07, 6.45) is 5.09. The smallest absolute Gasteiger partial charge is 0.222 e. The number of nitrogens with two attached hydrogens (primary N) is 1. The number of aromatic nitrogens is 4. The minimum atomic E-state index is -0.0997. The van der Waals surface area contributed by atoms with Crippen LogP contribution in [-0.4, -0.2) is 25.7 Å². The molecule has 0 atom stereocenters. The first-order chi connectivity index (χ1) is 15.8. The van der Waals surface area contributed by atoms with E-state index in [1.54, 1.807) is 18.6 Å². The number of amides is 1. The first-order valence-corrected chi connectivity index (χ1v) is 10.9. The van der Waals surface area contributed by atoms with Crippen LogP contribution in [-0.2, 0) is 25.0 Å². The molecule has 1 aromatic carbocycles. The van der Waals surface area contributed by atoms with Crippen LogP contribution in [0.5, 0.6) is 5.75 Å². The van der Waals surface area contributed by atoms with Gasteiger partial charge in [0.1, 0.15) is 17.9 Å². The molecule has 0 aliphatic rings. The number of carbonyl (C=O) groups excluding carboxylic acids is 1. The third kappa shape index (κ3) is 4.64. The van der Waals surface area contributed by atoms with E-state index >= 15 is 0 Å². The zero-order valence-electron chi connectivity index (χ0n) is 19.3. The third-order valence-corrected chi connectivity index (χ3v) is 5.56. The van der Waals surface area contributed by atoms with Crippen LogP contribution in [0.25, 0.3) is 22.2 Å². The molecule has 0 aliphatic carbocycles. The molecule has 0 saturated heterocycles. The Labute approximate surface area is 192 Å². The van der Waals surface area contributed by atoms with Crippen molar-refractivity contribution < 1.29 is 9.53 Å². The van der Waals surface area contributed by atoms with Crippen molar-refractivity contribution in [2.24, 2.45) is 13.0 Å². The predicted octanol–water partition coefficient (Wildman–Crippen LogP) is 3.77. The number of benzene rings is 1. The van der Waals surface area contributed by atoms with Crippen molar-refractivity contribution in [2.75, 3.05) is 5.73 Å². The fourth-order valence-corrected chi connectivity index (χ4v) is 3.73. The van der Waals surface area contributed by atoms with Crippen LogP contribution >= 0.6 is 0 Å². The molecule has 4 aromatic rings. The lowest BCUT2D eigenvalue weighted by Gasteiger charge is -2.16. The highest BCUT2D eigenvalue weighted by Gasteiger charge is 2.15. The number of aryl methyl sites for hydroxylation is 2. The standard InChI is InChI=1S/C25H28N6O2/c1-15(2)25(32)28-12-17-11-27-13-21(26)20(17)14-33-23-7-5-6-18-19(10-16(3)30-24(18)23)22-8-9-29-31(22)4/h5-11,13,15H,12,14,26H2,1-4H3,(H,28,32). The Hall–Kier alpha value is -3.94. The fraction of sp³-hybridized carbons (Fsp3) is 0.280. The highest BCUT2D eigenvalue weighted by atomic mass is 16.5. The lowest BCUT2D eigenvalue weighted by atomic mass is 10.0. The molecule has 8 heteroatoms. The molecular formula is C25H28N6O2. The number of nitrogens with zero attached hydrogens (tertiary/aromatic N) is 4. The topological polar surface area (TPSA) is 108 Å². The van der Waals surface area contributed by atoms with Gasteiger partial charge >= 0.3 is 0 Å². The van der Waals surface area contributed by atoms with Crippen LogP contribution in [0.4, 0.5) is 5.69 Å². The lowest BCUT2D eigenvalue weighted by molar-refractivity contribution is -0.124. The summed E-state index contributed by atoms with van der Waals surface area (Å²) in [4.78, 5) is 21.0. The van der Waals surface area contributed by atoms with Crippen LogP contribution in [0.1, 0.15) is 30.7 Å². The van der Waals surface area contributed by atoms with Gasteiger partial charge in [-0.05, 0) is 30.7 Å². The van der Waals surface area contributed by atoms with Gasteiger partial charge in [0.05, 0.1) is 17.6 Å². The van der Waals surface area contributed by atoms with E-state index in [0.717, 1.165) is 39.0 Å². The summed E-state index contributed by atoms with van der Waals surface area (Å²) >= 11 is 0. The Balaban J connectivity index is 1.66. The largest absolute Gasteiger partial charge is 0.487 e. The molecule has 0 spiro atoms. The van der Waals surface area contributed by atoms with Gasteiger partial charge in [0, 0.05) is 54.1 Å². The quantitative estimate of drug-likeness (QED) is 0.449. The Kier molecular flexibility index (Phi) is 6.26. The van der Waals surface area contributed by atoms with Crippen LogP contribution in [0.3, 0.4) is 0 Å². The van der Waals surface area contributed by atoms with Crippen molar-refractivity contribution in [1.82, 2.24) is 25.1 Å². The maximum atomic E-state index is 12.0. The fourth-order valence-electron chi connectivity index (χ4n) is 3.73. The molecule has 3 heterocycles. The number of nitrogens with one attached hydrogen (secondary N) is 1. The second-order valence-electron chi connectivity index (χ2n) is 8.33. The van der Waals surface area contributed by atoms with E-state index in [1.807, 2.05) is 56.8 Å². The molecule has 0 unspecified atom stereocenters. The molecule has 0 saturated carbocycles. The second-order valence-corrected chi connectivity index (χ2v) is 8.33. The number of para-hydroxylation sites is 1. The van der Waals surface area contributed by atoms with Gasteiger partial charge in [-0.25, -0.2) is 4.98 Å². The molecule has 1 amide bonds. The molecule has 170 valence electrons. The van der Waals surface area contributed by atoms with Crippen LogP contribution in [0.15, 0.2) is 48.9 Å². The molecule has 0 fully saturated rings. The molecule has 33 heavy (non-hydrogen) atoms. The molecular weight excluding hydrogens is 416 g/mol. The van der Waals surface area contributed by atoms with E-state index in [4.69, 9.17) is 15.5 Å². The zero-order valence-corrected chi connectivity index (χ0v) is 19.3. The van der Waals surface area contributed by atoms with Crippen molar-refractivity contribution in [3.8, 4) is 17.0 Å². The van der Waals surface area contributed by atoms with Gasteiger partial charge in [-0.1, -0.05) is 26.0 Å². The molecule has 0 radical (unpaired) electrons. The van der Waals surface area contributed by atoms with E-state index in [2.05, 4.69) is 21.5 Å². The van der Waals surface area contributed by atoms with Crippen molar-refractivity contribution in [3.05, 3.63) is 65.7 Å². The lowest BCUT2D eigenvalue weighted by Crippen LogP contribution is -2.27. The number of carbonyl (C=O) groups is 1. The summed E-state index contributed by atoms with van der Waals surface area (Å²) in [6.45, 7) is 6.24. The highest BCUT2D eigenvalue weighted by molar-refractivity contribution is 5.97. The number of anilines is 1. The van der Waals surface area contributed by atoms with E-state index < -0.39 is 0 Å². The van der Waals surface area contributed by atoms with Crippen LogP contribution in [0, 0.1) is 12.8 Å². The van der Waals surface area contributed by atoms with Gasteiger partial charge in [-0.3, -0.25) is 14.5 Å². The maximum Gasteiger partial charge on any atom is 0.222 e. The number of hydrogen-bond acceptors (Lipinski definition) is 6. The minimum absolute atomic E-state index is 0.0271. The summed E-state index contributed by atoms with van der Waals surface area (Å²) in [5, 5.41) is 8.20. The van der Waals surface area contributed by atoms with E-state index in [9.17, 15) is 4.79 Å². The molecule has 8 nitrogen and oxygen atoms in total. The minimum Gasteiger partial charge on any atom is -0.487 e. The van der Waals surface area contributed by atoms with Crippen molar-refractivity contribution in [3.63, 3.8) is 0 Å². The van der Waals surface area contributed by atoms with Crippen LogP contribution in [0.2, 0.25) is 0 Å². The van der Waals surface area contributed by atoms with Crippen LogP contribution < -0.4 is 15.8 Å². The number of hydrogen-bond donors (Lipinski definition) is 2. The van der Waals surface area contributed by atoms with Gasteiger partial charge < -0.3 is 15.8 Å². The Morgan fingerprint density at radius 3 is 2.79 bits per heavy atom. The summed E-state index contributed by atoms with van der Waals surface area (Å²) in [5.41, 5.74) is 12.1. The van der Waals surface area contributed by atoms with Crippen molar-refractivity contribution in [2.45, 2.75) is 33.9 Å². The third-order valence-electron chi connectivity index (χ3n) is 5.56. The van der Waals surface area contributed by atoms with Gasteiger partial charge in [-0.15, -0.1) is 0 Å². The predicted molar refractivity (Wildman–Crippen MR) is 128 cm³/mol. The molecule has 0 bridgehead atoms. The SMILES string of the molecule is Cc1cc(-c2ccnn2C)c2cccc(OCc3c(N)cncc3CNC(=O)C(C)C)c2n1. The maximum absolute atomic E-state index is 12.0. The van der Waals surface area contributed by atoms with Gasteiger partial charge in [0.15, 0.2) is 0 Å². The second kappa shape index (κ2) is 9.28. The van der Waals surface area contributed by atoms with Crippen molar-refractivity contribution in [1.29, 1.82) is 0 Å². The van der Waals surface area contributed by atoms with Gasteiger partial charge in [0.2, 0.25) is 5.91 Å². The van der Waals surface area contributed by atoms with Crippen molar-refractivity contribution >= 4 is 22.5 Å². The molecule has 4 rings (SSSR count). The first kappa shape index (κ1) is 22.3. The highest BCUT2D eigenvalue weighted by Crippen LogP contribution is 2.33. The number of rotatable bonds is 7. The first-order valence-electron chi connectivity index (χ1n) is 10.9. The number of nitrogen functional groups attached to an aromatic ring is 1. The van der Waals surface area contributed by atoms with E-state index in [0.29, 0.717) is 18.0 Å². The number of fused-ring (bicyclic) bond motifs is 1. The summed E-state index contributed by atoms with van der Waals surface area (Å²) in [6, 6.07) is 9.93. The normalized spacial score (nSPS) is 11.2. The average Bonchev–Trinajstić information content (AvgIpc) is 3.21. The van der Waals surface area contributed by atoms with Gasteiger partial charge in [-0.2, -0.15) is 5.10 Å². The average molecular weight is 445 g/mol. The summed E-state index contributed by atoms with van der Waals surface area (Å²) in [7, 11) is 1.92. The molecule has 0 aliphatic heterocycles. The molecule has 3 N–H and O–H groups in total. The number of pyridine rings is 2. The summed E-state index contributed by atoms with van der Waals surface area (Å²) < 4.78 is 8.08. The Bertz CT molecular complexity index is 1310. The summed E-state index contributed by atoms with van der Waals surface area (Å²) in [5.74, 6) is 0.533. The van der Waals surface area contributed by atoms with E-state index in [1.165, 1.54) is 0 Å². The Morgan fingerprint density at radius 2 is 2.06 bits per heavy atom. The zero-order chi connectivity index (χ0) is 23.5. The number of ether oxygens (including phenoxy) is 1. The Morgan fingerprint density at radius 1 is 1.24 bits per heavy atom. The molecule has 3 aromatic heterocycles.